The fourth-order valence-corrected chi connectivity index (χ4v) is 3.00. The van der Waals surface area contributed by atoms with Crippen LogP contribution in [0.4, 0.5) is 5.69 Å². The summed E-state index contributed by atoms with van der Waals surface area (Å²) in [4.78, 5) is 25.7. The Balaban J connectivity index is 2.13. The third-order valence-corrected chi connectivity index (χ3v) is 4.47. The summed E-state index contributed by atoms with van der Waals surface area (Å²) in [5.74, 6) is -1.08. The highest BCUT2D eigenvalue weighted by atomic mass is 79.9. The molecule has 0 aliphatic carbocycles. The van der Waals surface area contributed by atoms with Gasteiger partial charge in [0.05, 0.1) is 19.9 Å². The molecule has 2 aromatic rings. The number of methoxy groups -OCH3 is 2. The normalized spacial score (nSPS) is 10.3. The van der Waals surface area contributed by atoms with Crippen LogP contribution in [-0.4, -0.2) is 32.6 Å². The number of rotatable bonds is 7. The van der Waals surface area contributed by atoms with Crippen molar-refractivity contribution in [1.82, 2.24) is 0 Å². The summed E-state index contributed by atoms with van der Waals surface area (Å²) in [6.07, 6.45) is 2.55. The van der Waals surface area contributed by atoms with E-state index in [0.29, 0.717) is 18.0 Å². The molecule has 0 unspecified atom stereocenters. The smallest absolute Gasteiger partial charge is 0.397 e. The molecule has 5 nitrogen and oxygen atoms in total. The lowest BCUT2D eigenvalue weighted by Gasteiger charge is -2.23. The molecule has 138 valence electrons. The summed E-state index contributed by atoms with van der Waals surface area (Å²) in [6, 6.07) is 15.5. The summed E-state index contributed by atoms with van der Waals surface area (Å²) < 4.78 is 10.8. The van der Waals surface area contributed by atoms with Crippen molar-refractivity contribution in [2.45, 2.75) is 19.3 Å². The van der Waals surface area contributed by atoms with Gasteiger partial charge in [0.1, 0.15) is 5.75 Å². The second kappa shape index (κ2) is 9.97. The van der Waals surface area contributed by atoms with Crippen LogP contribution in [-0.2, 0) is 20.7 Å². The maximum absolute atomic E-state index is 12.5. The zero-order valence-electron chi connectivity index (χ0n) is 14.9. The number of unbranched alkanes of at least 4 members (excludes halogenated alkanes) is 1. The van der Waals surface area contributed by atoms with E-state index in [1.54, 1.807) is 12.1 Å². The van der Waals surface area contributed by atoms with Gasteiger partial charge in [-0.05, 0) is 43.0 Å². The first kappa shape index (κ1) is 20.0. The molecule has 0 aliphatic rings. The van der Waals surface area contributed by atoms with Gasteiger partial charge in [0.2, 0.25) is 0 Å². The van der Waals surface area contributed by atoms with Gasteiger partial charge in [0, 0.05) is 11.0 Å². The second-order valence-corrected chi connectivity index (χ2v) is 6.62. The number of halogens is 1. The Hall–Kier alpha value is -2.34. The number of hydrogen-bond donors (Lipinski definition) is 0. The van der Waals surface area contributed by atoms with Crippen molar-refractivity contribution in [1.29, 1.82) is 0 Å². The van der Waals surface area contributed by atoms with Gasteiger partial charge >= 0.3 is 11.9 Å². The lowest BCUT2D eigenvalue weighted by atomic mass is 10.1. The van der Waals surface area contributed by atoms with E-state index < -0.39 is 11.9 Å². The number of benzene rings is 2. The molecule has 0 bridgehead atoms. The molecule has 0 saturated carbocycles. The fourth-order valence-electron chi connectivity index (χ4n) is 2.65. The molecular weight excluding hydrogens is 398 g/mol. The van der Waals surface area contributed by atoms with Gasteiger partial charge in [-0.1, -0.05) is 46.3 Å². The maximum atomic E-state index is 12.5. The van der Waals surface area contributed by atoms with E-state index in [-0.39, 0.29) is 0 Å². The van der Waals surface area contributed by atoms with E-state index >= 15 is 0 Å². The monoisotopic (exact) mass is 419 g/mol. The number of aryl methyl sites for hydroxylation is 1. The number of carbonyl (C=O) groups excluding carboxylic acids is 2. The molecule has 0 fully saturated rings. The average Bonchev–Trinajstić information content (AvgIpc) is 2.67. The number of nitrogens with zero attached hydrogens (tertiary/aromatic N) is 1. The molecule has 26 heavy (non-hydrogen) atoms. The minimum atomic E-state index is -0.893. The quantitative estimate of drug-likeness (QED) is 0.386. The summed E-state index contributed by atoms with van der Waals surface area (Å²) in [5.41, 5.74) is 1.79. The Bertz CT molecular complexity index is 749. The molecule has 2 aromatic carbocycles. The first-order valence-corrected chi connectivity index (χ1v) is 9.13. The highest BCUT2D eigenvalue weighted by Crippen LogP contribution is 2.32. The first-order chi connectivity index (χ1) is 12.6. The van der Waals surface area contributed by atoms with Crippen LogP contribution in [0.15, 0.2) is 53.0 Å². The highest BCUT2D eigenvalue weighted by molar-refractivity contribution is 9.10. The standard InChI is InChI=1S/C20H22BrNO4/c1-25-18-12-11-16(21)14-17(18)22(19(23)20(24)26-2)13-7-6-10-15-8-4-3-5-9-15/h3-5,8-9,11-12,14H,6-7,10,13H2,1-2H3. The van der Waals surface area contributed by atoms with E-state index in [9.17, 15) is 9.59 Å². The predicted molar refractivity (Wildman–Crippen MR) is 104 cm³/mol. The molecule has 0 radical (unpaired) electrons. The molecule has 1 amide bonds. The van der Waals surface area contributed by atoms with Crippen molar-refractivity contribution < 1.29 is 19.1 Å². The van der Waals surface area contributed by atoms with Crippen molar-refractivity contribution in [2.75, 3.05) is 25.7 Å². The van der Waals surface area contributed by atoms with Gasteiger partial charge in [0.25, 0.3) is 0 Å². The van der Waals surface area contributed by atoms with Gasteiger partial charge in [0.15, 0.2) is 0 Å². The molecule has 0 spiro atoms. The van der Waals surface area contributed by atoms with Crippen LogP contribution in [0.25, 0.3) is 0 Å². The topological polar surface area (TPSA) is 55.8 Å². The summed E-state index contributed by atoms with van der Waals surface area (Å²) in [7, 11) is 2.73. The molecule has 6 heteroatoms. The summed E-state index contributed by atoms with van der Waals surface area (Å²) >= 11 is 3.40. The molecule has 0 heterocycles. The molecule has 0 N–H and O–H groups in total. The number of anilines is 1. The van der Waals surface area contributed by atoms with Crippen LogP contribution in [0.3, 0.4) is 0 Å². The van der Waals surface area contributed by atoms with Crippen molar-refractivity contribution in [3.63, 3.8) is 0 Å². The minimum absolute atomic E-state index is 0.396. The molecule has 0 atom stereocenters. The summed E-state index contributed by atoms with van der Waals surface area (Å²) in [6.45, 7) is 0.396. The van der Waals surface area contributed by atoms with Gasteiger partial charge in [-0.2, -0.15) is 0 Å². The maximum Gasteiger partial charge on any atom is 0.397 e. The number of amides is 1. The van der Waals surface area contributed by atoms with E-state index in [2.05, 4.69) is 32.8 Å². The van der Waals surface area contributed by atoms with Crippen LogP contribution in [0.5, 0.6) is 5.75 Å². The van der Waals surface area contributed by atoms with Gasteiger partial charge in [-0.15, -0.1) is 0 Å². The molecule has 2 rings (SSSR count). The zero-order chi connectivity index (χ0) is 18.9. The fraction of sp³-hybridized carbons (Fsp3) is 0.300. The van der Waals surface area contributed by atoms with E-state index in [1.807, 2.05) is 24.3 Å². The molecule has 0 saturated heterocycles. The summed E-state index contributed by atoms with van der Waals surface area (Å²) in [5, 5.41) is 0. The van der Waals surface area contributed by atoms with Crippen LogP contribution >= 0.6 is 15.9 Å². The Morgan fingerprint density at radius 3 is 2.42 bits per heavy atom. The number of carbonyl (C=O) groups is 2. The van der Waals surface area contributed by atoms with Gasteiger partial charge in [-0.25, -0.2) is 4.79 Å². The Morgan fingerprint density at radius 2 is 1.77 bits per heavy atom. The minimum Gasteiger partial charge on any atom is -0.495 e. The van der Waals surface area contributed by atoms with Gasteiger partial charge < -0.3 is 9.47 Å². The second-order valence-electron chi connectivity index (χ2n) is 5.71. The lowest BCUT2D eigenvalue weighted by molar-refractivity contribution is -0.151. The van der Waals surface area contributed by atoms with E-state index in [4.69, 9.17) is 4.74 Å². The Morgan fingerprint density at radius 1 is 1.04 bits per heavy atom. The van der Waals surface area contributed by atoms with Crippen LogP contribution in [0.1, 0.15) is 18.4 Å². The van der Waals surface area contributed by atoms with E-state index in [0.717, 1.165) is 23.7 Å². The largest absolute Gasteiger partial charge is 0.495 e. The predicted octanol–water partition coefficient (Wildman–Crippen LogP) is 3.99. The van der Waals surface area contributed by atoms with Crippen molar-refractivity contribution in [3.8, 4) is 5.75 Å². The SMILES string of the molecule is COC(=O)C(=O)N(CCCCc1ccccc1)c1cc(Br)ccc1OC. The van der Waals surface area contributed by atoms with Crippen LogP contribution in [0, 0.1) is 0 Å². The third-order valence-electron chi connectivity index (χ3n) is 3.98. The Labute approximate surface area is 162 Å². The van der Waals surface area contributed by atoms with Crippen LogP contribution in [0.2, 0.25) is 0 Å². The third kappa shape index (κ3) is 5.33. The van der Waals surface area contributed by atoms with Crippen molar-refractivity contribution in [3.05, 3.63) is 58.6 Å². The van der Waals surface area contributed by atoms with E-state index in [1.165, 1.54) is 24.7 Å². The average molecular weight is 420 g/mol. The number of esters is 1. The first-order valence-electron chi connectivity index (χ1n) is 8.34. The Kier molecular flexibility index (Phi) is 7.66. The van der Waals surface area contributed by atoms with Crippen molar-refractivity contribution >= 4 is 33.5 Å². The number of ether oxygens (including phenoxy) is 2. The zero-order valence-corrected chi connectivity index (χ0v) is 16.5. The number of hydrogen-bond acceptors (Lipinski definition) is 4. The van der Waals surface area contributed by atoms with Gasteiger partial charge in [-0.3, -0.25) is 9.69 Å². The molecule has 0 aromatic heterocycles. The highest BCUT2D eigenvalue weighted by Gasteiger charge is 2.26. The van der Waals surface area contributed by atoms with Crippen molar-refractivity contribution in [2.24, 2.45) is 0 Å². The molecule has 0 aliphatic heterocycles. The van der Waals surface area contributed by atoms with Crippen LogP contribution < -0.4 is 9.64 Å². The molecular formula is C20H22BrNO4. The lowest BCUT2D eigenvalue weighted by Crippen LogP contribution is -2.38.